The smallest absolute Gasteiger partial charge is 0.0143 e. The quantitative estimate of drug-likeness (QED) is 0.624. The molecule has 0 saturated carbocycles. The van der Waals surface area contributed by atoms with E-state index < -0.39 is 0 Å². The summed E-state index contributed by atoms with van der Waals surface area (Å²) in [5.41, 5.74) is 1.68. The molecule has 0 spiro atoms. The van der Waals surface area contributed by atoms with Crippen LogP contribution in [0.5, 0.6) is 0 Å². The van der Waals surface area contributed by atoms with Gasteiger partial charge in [0.1, 0.15) is 0 Å². The summed E-state index contributed by atoms with van der Waals surface area (Å²) in [6.45, 7) is 14.1. The number of rotatable bonds is 4. The average molecular weight is 169 g/mol. The first-order valence-electron chi connectivity index (χ1n) is 4.75. The predicted molar refractivity (Wildman–Crippen MR) is 56.1 cm³/mol. The van der Waals surface area contributed by atoms with Crippen LogP contribution in [0, 0.1) is 5.41 Å². The van der Waals surface area contributed by atoms with E-state index >= 15 is 0 Å². The Bertz CT molecular complexity index is 142. The highest BCUT2D eigenvalue weighted by molar-refractivity contribution is 4.92. The van der Waals surface area contributed by atoms with Crippen LogP contribution in [0.2, 0.25) is 0 Å². The van der Waals surface area contributed by atoms with Crippen LogP contribution in [-0.4, -0.2) is 18.5 Å². The molecule has 0 fully saturated rings. The molecule has 12 heavy (non-hydrogen) atoms. The van der Waals surface area contributed by atoms with Gasteiger partial charge in [-0.2, -0.15) is 0 Å². The van der Waals surface area contributed by atoms with Gasteiger partial charge < -0.3 is 4.90 Å². The van der Waals surface area contributed by atoms with Gasteiger partial charge in [0.2, 0.25) is 0 Å². The normalized spacial score (nSPS) is 11.4. The maximum Gasteiger partial charge on any atom is 0.0143 e. The van der Waals surface area contributed by atoms with Gasteiger partial charge in [0, 0.05) is 19.3 Å². The SMILES string of the molecule is C=C(CCC(C)(C)C)N(C)CC. The minimum atomic E-state index is 0.428. The molecular weight excluding hydrogens is 146 g/mol. The van der Waals surface area contributed by atoms with Crippen LogP contribution in [0.1, 0.15) is 40.5 Å². The highest BCUT2D eigenvalue weighted by Gasteiger charge is 2.11. The molecule has 0 saturated heterocycles. The van der Waals surface area contributed by atoms with Crippen molar-refractivity contribution in [2.24, 2.45) is 5.41 Å². The summed E-state index contributed by atoms with van der Waals surface area (Å²) in [5, 5.41) is 0. The molecule has 0 aliphatic rings. The lowest BCUT2D eigenvalue weighted by atomic mass is 9.90. The zero-order chi connectivity index (χ0) is 9.78. The average Bonchev–Trinajstić information content (AvgIpc) is 1.97. The van der Waals surface area contributed by atoms with Crippen LogP contribution in [-0.2, 0) is 0 Å². The van der Waals surface area contributed by atoms with E-state index in [-0.39, 0.29) is 0 Å². The van der Waals surface area contributed by atoms with Gasteiger partial charge in [-0.1, -0.05) is 27.4 Å². The van der Waals surface area contributed by atoms with E-state index in [0.717, 1.165) is 13.0 Å². The monoisotopic (exact) mass is 169 g/mol. The summed E-state index contributed by atoms with van der Waals surface area (Å²) in [4.78, 5) is 2.21. The lowest BCUT2D eigenvalue weighted by Gasteiger charge is -2.23. The summed E-state index contributed by atoms with van der Waals surface area (Å²) >= 11 is 0. The third kappa shape index (κ3) is 5.22. The molecule has 0 amide bonds. The first kappa shape index (κ1) is 11.5. The molecule has 0 bridgehead atoms. The molecule has 0 heterocycles. The summed E-state index contributed by atoms with van der Waals surface area (Å²) < 4.78 is 0. The third-order valence-corrected chi connectivity index (χ3v) is 2.18. The number of hydrogen-bond acceptors (Lipinski definition) is 1. The standard InChI is InChI=1S/C11H23N/c1-7-12(6)10(2)8-9-11(3,4)5/h2,7-9H2,1,3-6H3. The Morgan fingerprint density at radius 3 is 2.17 bits per heavy atom. The Hall–Kier alpha value is -0.460. The molecule has 0 unspecified atom stereocenters. The predicted octanol–water partition coefficient (Wildman–Crippen LogP) is 3.28. The molecule has 0 aliphatic carbocycles. The maximum atomic E-state index is 4.05. The second kappa shape index (κ2) is 4.54. The van der Waals surface area contributed by atoms with Crippen LogP contribution in [0.25, 0.3) is 0 Å². The first-order valence-corrected chi connectivity index (χ1v) is 4.75. The highest BCUT2D eigenvalue weighted by Crippen LogP contribution is 2.23. The fraction of sp³-hybridized carbons (Fsp3) is 0.818. The summed E-state index contributed by atoms with van der Waals surface area (Å²) in [5.74, 6) is 0. The molecular formula is C11H23N. The Balaban J connectivity index is 3.72. The molecule has 0 atom stereocenters. The fourth-order valence-corrected chi connectivity index (χ4v) is 0.934. The number of hydrogen-bond donors (Lipinski definition) is 0. The molecule has 0 aliphatic heterocycles. The number of nitrogens with zero attached hydrogens (tertiary/aromatic N) is 1. The van der Waals surface area contributed by atoms with Crippen molar-refractivity contribution in [3.8, 4) is 0 Å². The molecule has 72 valence electrons. The van der Waals surface area contributed by atoms with Gasteiger partial charge in [-0.05, 0) is 25.2 Å². The zero-order valence-electron chi connectivity index (χ0n) is 9.28. The maximum absolute atomic E-state index is 4.05. The third-order valence-electron chi connectivity index (χ3n) is 2.18. The Kier molecular flexibility index (Phi) is 4.36. The van der Waals surface area contributed by atoms with Gasteiger partial charge in [-0.25, -0.2) is 0 Å². The van der Waals surface area contributed by atoms with E-state index in [1.54, 1.807) is 0 Å². The largest absolute Gasteiger partial charge is 0.379 e. The zero-order valence-corrected chi connectivity index (χ0v) is 9.28. The minimum absolute atomic E-state index is 0.428. The van der Waals surface area contributed by atoms with E-state index in [4.69, 9.17) is 0 Å². The first-order chi connectivity index (χ1) is 5.37. The van der Waals surface area contributed by atoms with Gasteiger partial charge in [0.05, 0.1) is 0 Å². The molecule has 0 aromatic rings. The second-order valence-corrected chi connectivity index (χ2v) is 4.64. The van der Waals surface area contributed by atoms with Gasteiger partial charge >= 0.3 is 0 Å². The Morgan fingerprint density at radius 1 is 1.33 bits per heavy atom. The molecule has 0 N–H and O–H groups in total. The van der Waals surface area contributed by atoms with Crippen molar-refractivity contribution in [3.05, 3.63) is 12.3 Å². The fourth-order valence-electron chi connectivity index (χ4n) is 0.934. The van der Waals surface area contributed by atoms with Crippen molar-refractivity contribution >= 4 is 0 Å². The van der Waals surface area contributed by atoms with Gasteiger partial charge in [-0.15, -0.1) is 0 Å². The van der Waals surface area contributed by atoms with Crippen LogP contribution in [0.15, 0.2) is 12.3 Å². The van der Waals surface area contributed by atoms with Crippen molar-refractivity contribution < 1.29 is 0 Å². The summed E-state index contributed by atoms with van der Waals surface area (Å²) in [7, 11) is 2.10. The molecule has 0 aromatic carbocycles. The van der Waals surface area contributed by atoms with E-state index in [0.29, 0.717) is 5.41 Å². The Morgan fingerprint density at radius 2 is 1.83 bits per heavy atom. The molecule has 0 radical (unpaired) electrons. The van der Waals surface area contributed by atoms with Crippen molar-refractivity contribution in [2.45, 2.75) is 40.5 Å². The summed E-state index contributed by atoms with van der Waals surface area (Å²) in [6.07, 6.45) is 2.34. The minimum Gasteiger partial charge on any atom is -0.379 e. The Labute approximate surface area is 77.5 Å². The van der Waals surface area contributed by atoms with Crippen LogP contribution < -0.4 is 0 Å². The van der Waals surface area contributed by atoms with Crippen molar-refractivity contribution in [1.82, 2.24) is 4.90 Å². The van der Waals surface area contributed by atoms with Gasteiger partial charge in [0.15, 0.2) is 0 Å². The van der Waals surface area contributed by atoms with Gasteiger partial charge in [-0.3, -0.25) is 0 Å². The van der Waals surface area contributed by atoms with Crippen LogP contribution in [0.3, 0.4) is 0 Å². The van der Waals surface area contributed by atoms with E-state index in [9.17, 15) is 0 Å². The molecule has 0 rings (SSSR count). The highest BCUT2D eigenvalue weighted by atomic mass is 15.1. The molecule has 1 heteroatoms. The van der Waals surface area contributed by atoms with Gasteiger partial charge in [0.25, 0.3) is 0 Å². The summed E-state index contributed by atoms with van der Waals surface area (Å²) in [6, 6.07) is 0. The van der Waals surface area contributed by atoms with E-state index in [2.05, 4.69) is 46.2 Å². The second-order valence-electron chi connectivity index (χ2n) is 4.64. The number of allylic oxidation sites excluding steroid dienone is 1. The van der Waals surface area contributed by atoms with E-state index in [1.807, 2.05) is 0 Å². The molecule has 1 nitrogen and oxygen atoms in total. The van der Waals surface area contributed by atoms with E-state index in [1.165, 1.54) is 12.1 Å². The molecule has 0 aromatic heterocycles. The lowest BCUT2D eigenvalue weighted by Crippen LogP contribution is -2.17. The van der Waals surface area contributed by atoms with Crippen molar-refractivity contribution in [2.75, 3.05) is 13.6 Å². The van der Waals surface area contributed by atoms with Crippen LogP contribution >= 0.6 is 0 Å². The van der Waals surface area contributed by atoms with Crippen molar-refractivity contribution in [1.29, 1.82) is 0 Å². The topological polar surface area (TPSA) is 3.24 Å². The van der Waals surface area contributed by atoms with Crippen molar-refractivity contribution in [3.63, 3.8) is 0 Å². The lowest BCUT2D eigenvalue weighted by molar-refractivity contribution is 0.344. The van der Waals surface area contributed by atoms with Crippen LogP contribution in [0.4, 0.5) is 0 Å².